The van der Waals surface area contributed by atoms with Gasteiger partial charge in [-0.15, -0.1) is 0 Å². The van der Waals surface area contributed by atoms with Gasteiger partial charge in [-0.05, 0) is 37.5 Å². The molecule has 0 spiro atoms. The predicted octanol–water partition coefficient (Wildman–Crippen LogP) is 5.01. The molecule has 0 radical (unpaired) electrons. The Morgan fingerprint density at radius 1 is 1.16 bits per heavy atom. The van der Waals surface area contributed by atoms with E-state index in [9.17, 15) is 14.7 Å². The normalized spacial score (nSPS) is 10.7. The largest absolute Gasteiger partial charge is 0.496 e. The van der Waals surface area contributed by atoms with E-state index in [1.807, 2.05) is 50.3 Å². The molecule has 0 bridgehead atoms. The quantitative estimate of drug-likeness (QED) is 0.224. The molecule has 0 saturated heterocycles. The van der Waals surface area contributed by atoms with Gasteiger partial charge in [-0.2, -0.15) is 0 Å². The topological polar surface area (TPSA) is 102 Å². The monoisotopic (exact) mass is 432 g/mol. The first-order valence-corrected chi connectivity index (χ1v) is 9.95. The van der Waals surface area contributed by atoms with Crippen LogP contribution >= 0.6 is 0 Å². The number of H-pyrrole nitrogens is 1. The Balaban J connectivity index is 2.19. The van der Waals surface area contributed by atoms with Gasteiger partial charge in [-0.1, -0.05) is 54.1 Å². The number of methoxy groups -OCH3 is 1. The van der Waals surface area contributed by atoms with Crippen molar-refractivity contribution in [3.05, 3.63) is 88.5 Å². The number of esters is 1. The zero-order valence-corrected chi connectivity index (χ0v) is 18.1. The Kier molecular flexibility index (Phi) is 7.23. The number of nitrogens with one attached hydrogen (secondary N) is 1. The molecule has 0 fully saturated rings. The average Bonchev–Trinajstić information content (AvgIpc) is 3.32. The summed E-state index contributed by atoms with van der Waals surface area (Å²) in [5.41, 5.74) is 2.74. The second-order valence-electron chi connectivity index (χ2n) is 7.24. The molecule has 1 heterocycles. The van der Waals surface area contributed by atoms with Crippen molar-refractivity contribution in [1.82, 2.24) is 9.97 Å². The smallest absolute Gasteiger partial charge is 0.361 e. The van der Waals surface area contributed by atoms with E-state index in [0.29, 0.717) is 23.3 Å². The van der Waals surface area contributed by atoms with Gasteiger partial charge in [-0.3, -0.25) is 0 Å². The van der Waals surface area contributed by atoms with Gasteiger partial charge < -0.3 is 19.6 Å². The Bertz CT molecular complexity index is 1160. The minimum atomic E-state index is -1.22. The third-order valence-corrected chi connectivity index (χ3v) is 4.69. The van der Waals surface area contributed by atoms with Crippen LogP contribution in [0.4, 0.5) is 0 Å². The molecule has 0 aliphatic heterocycles. The van der Waals surface area contributed by atoms with Gasteiger partial charge in [0.2, 0.25) is 0 Å². The number of allylic oxidation sites excluding steroid dienone is 2. The SMILES string of the molecule is COc1cc(C=Cc2ccccc2)c(C(=O)O)c(OC(=O)c2cnc[nH]2)c1CC=C(C)C. The fourth-order valence-electron chi connectivity index (χ4n) is 3.11. The number of hydrogen-bond acceptors (Lipinski definition) is 5. The molecule has 0 aliphatic carbocycles. The first-order chi connectivity index (χ1) is 15.4. The molecule has 2 aromatic carbocycles. The third kappa shape index (κ3) is 5.31. The minimum Gasteiger partial charge on any atom is -0.496 e. The molecule has 32 heavy (non-hydrogen) atoms. The molecule has 1 aromatic heterocycles. The molecule has 3 rings (SSSR count). The summed E-state index contributed by atoms with van der Waals surface area (Å²) in [7, 11) is 1.49. The van der Waals surface area contributed by atoms with Crippen LogP contribution in [0.1, 0.15) is 51.4 Å². The van der Waals surface area contributed by atoms with E-state index in [0.717, 1.165) is 11.1 Å². The van der Waals surface area contributed by atoms with Gasteiger partial charge in [0.05, 0.1) is 19.6 Å². The number of carbonyl (C=O) groups is 2. The van der Waals surface area contributed by atoms with Crippen LogP contribution in [0, 0.1) is 0 Å². The highest BCUT2D eigenvalue weighted by Gasteiger charge is 2.26. The summed E-state index contributed by atoms with van der Waals surface area (Å²) >= 11 is 0. The zero-order valence-electron chi connectivity index (χ0n) is 18.1. The van der Waals surface area contributed by atoms with Gasteiger partial charge in [0.15, 0.2) is 5.75 Å². The van der Waals surface area contributed by atoms with Crippen molar-refractivity contribution in [3.8, 4) is 11.5 Å². The second kappa shape index (κ2) is 10.3. The summed E-state index contributed by atoms with van der Waals surface area (Å²) in [6.45, 7) is 3.86. The third-order valence-electron chi connectivity index (χ3n) is 4.69. The molecule has 0 amide bonds. The molecular weight excluding hydrogens is 408 g/mol. The molecule has 164 valence electrons. The Morgan fingerprint density at radius 3 is 2.50 bits per heavy atom. The highest BCUT2D eigenvalue weighted by molar-refractivity contribution is 5.99. The number of hydrogen-bond donors (Lipinski definition) is 2. The lowest BCUT2D eigenvalue weighted by Crippen LogP contribution is -2.15. The molecule has 7 nitrogen and oxygen atoms in total. The highest BCUT2D eigenvalue weighted by atomic mass is 16.5. The summed E-state index contributed by atoms with van der Waals surface area (Å²) in [6, 6.07) is 11.1. The van der Waals surface area contributed by atoms with Crippen LogP contribution in [0.25, 0.3) is 12.2 Å². The van der Waals surface area contributed by atoms with Crippen molar-refractivity contribution < 1.29 is 24.2 Å². The number of imidazole rings is 1. The lowest BCUT2D eigenvalue weighted by Gasteiger charge is -2.17. The zero-order chi connectivity index (χ0) is 23.1. The average molecular weight is 432 g/mol. The van der Waals surface area contributed by atoms with Gasteiger partial charge in [0.25, 0.3) is 0 Å². The summed E-state index contributed by atoms with van der Waals surface area (Å²) < 4.78 is 11.2. The molecule has 0 atom stereocenters. The summed E-state index contributed by atoms with van der Waals surface area (Å²) in [6.07, 6.45) is 8.36. The highest BCUT2D eigenvalue weighted by Crippen LogP contribution is 2.37. The number of nitrogens with zero attached hydrogens (tertiary/aromatic N) is 1. The molecule has 7 heteroatoms. The Hall–Kier alpha value is -4.13. The number of benzene rings is 2. The summed E-state index contributed by atoms with van der Waals surface area (Å²) in [4.78, 5) is 31.5. The lowest BCUT2D eigenvalue weighted by molar-refractivity contribution is 0.0679. The summed E-state index contributed by atoms with van der Waals surface area (Å²) in [5.74, 6) is -1.59. The first kappa shape index (κ1) is 22.6. The standard InChI is InChI=1S/C25H24N2O5/c1-16(2)9-12-19-21(31-3)13-18(11-10-17-7-5-4-6-8-17)22(24(28)29)23(19)32-25(30)20-14-26-15-27-20/h4-11,13-15H,12H2,1-3H3,(H,26,27)(H,28,29). The number of aromatic nitrogens is 2. The molecule has 2 N–H and O–H groups in total. The predicted molar refractivity (Wildman–Crippen MR) is 122 cm³/mol. The van der Waals surface area contributed by atoms with Gasteiger partial charge >= 0.3 is 11.9 Å². The molecular formula is C25H24N2O5. The number of rotatable bonds is 8. The molecule has 0 saturated carbocycles. The lowest BCUT2D eigenvalue weighted by atomic mass is 9.97. The van der Waals surface area contributed by atoms with E-state index in [2.05, 4.69) is 9.97 Å². The van der Waals surface area contributed by atoms with Crippen LogP contribution in [0.5, 0.6) is 11.5 Å². The van der Waals surface area contributed by atoms with Crippen LogP contribution in [0.2, 0.25) is 0 Å². The van der Waals surface area contributed by atoms with Crippen molar-refractivity contribution in [2.24, 2.45) is 0 Å². The van der Waals surface area contributed by atoms with Crippen molar-refractivity contribution in [2.45, 2.75) is 20.3 Å². The molecule has 0 aliphatic rings. The van der Waals surface area contributed by atoms with Gasteiger partial charge in [-0.25, -0.2) is 14.6 Å². The maximum absolute atomic E-state index is 12.7. The maximum atomic E-state index is 12.7. The van der Waals surface area contributed by atoms with E-state index < -0.39 is 11.9 Å². The van der Waals surface area contributed by atoms with Crippen LogP contribution in [0.15, 0.2) is 60.6 Å². The van der Waals surface area contributed by atoms with Crippen LogP contribution in [0.3, 0.4) is 0 Å². The number of carbonyl (C=O) groups excluding carboxylic acids is 1. The van der Waals surface area contributed by atoms with E-state index in [-0.39, 0.29) is 17.0 Å². The van der Waals surface area contributed by atoms with Gasteiger partial charge in [0.1, 0.15) is 17.0 Å². The van der Waals surface area contributed by atoms with Crippen LogP contribution in [-0.4, -0.2) is 34.1 Å². The van der Waals surface area contributed by atoms with Gasteiger partial charge in [0, 0.05) is 5.56 Å². The Morgan fingerprint density at radius 2 is 1.91 bits per heavy atom. The number of carboxylic acid groups (broad SMARTS) is 1. The first-order valence-electron chi connectivity index (χ1n) is 9.95. The number of carboxylic acids is 1. The fourth-order valence-corrected chi connectivity index (χ4v) is 3.11. The van der Waals surface area contributed by atoms with E-state index in [1.54, 1.807) is 18.2 Å². The molecule has 0 unspecified atom stereocenters. The number of ether oxygens (including phenoxy) is 2. The van der Waals surface area contributed by atoms with Crippen molar-refractivity contribution in [1.29, 1.82) is 0 Å². The van der Waals surface area contributed by atoms with E-state index in [1.165, 1.54) is 19.6 Å². The second-order valence-corrected chi connectivity index (χ2v) is 7.24. The molecule has 3 aromatic rings. The summed E-state index contributed by atoms with van der Waals surface area (Å²) in [5, 5.41) is 10.1. The van der Waals surface area contributed by atoms with E-state index >= 15 is 0 Å². The van der Waals surface area contributed by atoms with E-state index in [4.69, 9.17) is 9.47 Å². The van der Waals surface area contributed by atoms with Crippen molar-refractivity contribution in [2.75, 3.05) is 7.11 Å². The van der Waals surface area contributed by atoms with Crippen molar-refractivity contribution >= 4 is 24.1 Å². The van der Waals surface area contributed by atoms with Crippen molar-refractivity contribution in [3.63, 3.8) is 0 Å². The van der Waals surface area contributed by atoms with Crippen LogP contribution < -0.4 is 9.47 Å². The van der Waals surface area contributed by atoms with Crippen LogP contribution in [-0.2, 0) is 6.42 Å². The number of aromatic carboxylic acids is 1. The maximum Gasteiger partial charge on any atom is 0.361 e. The minimum absolute atomic E-state index is 0.0540. The fraction of sp³-hybridized carbons (Fsp3) is 0.160. The number of aromatic amines is 1. The Labute approximate surface area is 186 Å².